The molecule has 6 nitrogen and oxygen atoms in total. The van der Waals surface area contributed by atoms with Gasteiger partial charge in [0, 0.05) is 11.8 Å². The Hall–Kier alpha value is -1.95. The lowest BCUT2D eigenvalue weighted by molar-refractivity contribution is 0.171. The van der Waals surface area contributed by atoms with Gasteiger partial charge in [-0.05, 0) is 19.1 Å². The van der Waals surface area contributed by atoms with Gasteiger partial charge in [0.15, 0.2) is 11.5 Å². The van der Waals surface area contributed by atoms with E-state index in [1.807, 2.05) is 18.2 Å². The molecule has 1 aliphatic rings. The highest BCUT2D eigenvalue weighted by Gasteiger charge is 2.14. The fourth-order valence-electron chi connectivity index (χ4n) is 1.69. The van der Waals surface area contributed by atoms with Gasteiger partial charge in [-0.1, -0.05) is 5.10 Å². The molecule has 2 aromatic rings. The maximum absolute atomic E-state index is 5.85. The van der Waals surface area contributed by atoms with Crippen LogP contribution in [0.15, 0.2) is 22.6 Å². The average molecular weight is 282 g/mol. The van der Waals surface area contributed by atoms with Gasteiger partial charge >= 0.3 is 6.01 Å². The van der Waals surface area contributed by atoms with E-state index >= 15 is 0 Å². The third-order valence-corrected chi connectivity index (χ3v) is 2.76. The highest BCUT2D eigenvalue weighted by atomic mass is 35.5. The van der Waals surface area contributed by atoms with Crippen LogP contribution < -0.4 is 14.8 Å². The molecule has 0 radical (unpaired) electrons. The smallest absolute Gasteiger partial charge is 0.320 e. The minimum absolute atomic E-state index is 0.291. The monoisotopic (exact) mass is 281 g/mol. The zero-order chi connectivity index (χ0) is 13.2. The van der Waals surface area contributed by atoms with E-state index in [2.05, 4.69) is 15.5 Å². The second-order valence-corrected chi connectivity index (χ2v) is 4.70. The van der Waals surface area contributed by atoms with Crippen molar-refractivity contribution in [3.8, 4) is 11.5 Å². The molecule has 1 N–H and O–H groups in total. The molecule has 19 heavy (non-hydrogen) atoms. The number of nitrogens with zero attached hydrogens (tertiary/aromatic N) is 2. The number of hydrogen-bond acceptors (Lipinski definition) is 6. The first-order valence-corrected chi connectivity index (χ1v) is 6.30. The van der Waals surface area contributed by atoms with Crippen LogP contribution in [-0.2, 0) is 0 Å². The third-order valence-electron chi connectivity index (χ3n) is 2.57. The van der Waals surface area contributed by atoms with Crippen LogP contribution in [0.4, 0.5) is 11.7 Å². The van der Waals surface area contributed by atoms with Gasteiger partial charge in [0.05, 0.1) is 0 Å². The van der Waals surface area contributed by atoms with Crippen molar-refractivity contribution in [2.75, 3.05) is 18.5 Å². The van der Waals surface area contributed by atoms with Crippen molar-refractivity contribution in [3.05, 3.63) is 24.1 Å². The molecule has 1 aromatic heterocycles. The van der Waals surface area contributed by atoms with Crippen molar-refractivity contribution in [2.24, 2.45) is 0 Å². The Balaban J connectivity index is 1.78. The number of rotatable bonds is 3. The lowest BCUT2D eigenvalue weighted by Crippen LogP contribution is -2.15. The average Bonchev–Trinajstić information content (AvgIpc) is 2.87. The van der Waals surface area contributed by atoms with Crippen LogP contribution in [0.5, 0.6) is 11.5 Å². The maximum Gasteiger partial charge on any atom is 0.320 e. The number of ether oxygens (including phenoxy) is 2. The van der Waals surface area contributed by atoms with E-state index in [1.54, 1.807) is 6.92 Å². The molecule has 0 fully saturated rings. The molecule has 0 bridgehead atoms. The van der Waals surface area contributed by atoms with E-state index in [0.717, 1.165) is 11.4 Å². The van der Waals surface area contributed by atoms with Crippen LogP contribution in [0.2, 0.25) is 0 Å². The molecular formula is C12H12ClN3O3. The highest BCUT2D eigenvalue weighted by molar-refractivity contribution is 6.20. The highest BCUT2D eigenvalue weighted by Crippen LogP contribution is 2.33. The number of nitrogens with one attached hydrogen (secondary N) is 1. The van der Waals surface area contributed by atoms with Crippen LogP contribution >= 0.6 is 11.6 Å². The predicted molar refractivity (Wildman–Crippen MR) is 69.3 cm³/mol. The topological polar surface area (TPSA) is 69.4 Å². The van der Waals surface area contributed by atoms with Crippen molar-refractivity contribution in [2.45, 2.75) is 12.3 Å². The number of alkyl halides is 1. The van der Waals surface area contributed by atoms with Crippen molar-refractivity contribution < 1.29 is 13.9 Å². The van der Waals surface area contributed by atoms with Crippen LogP contribution in [0.1, 0.15) is 18.2 Å². The minimum atomic E-state index is -0.316. The number of hydrogen-bond donors (Lipinski definition) is 1. The molecule has 0 saturated carbocycles. The molecular weight excluding hydrogens is 270 g/mol. The maximum atomic E-state index is 5.85. The van der Waals surface area contributed by atoms with Gasteiger partial charge < -0.3 is 19.2 Å². The number of benzene rings is 1. The SMILES string of the molecule is CC(Cl)c1nnc(Nc2ccc3c(c2)OCCO3)o1. The first kappa shape index (κ1) is 12.1. The molecule has 1 unspecified atom stereocenters. The normalized spacial score (nSPS) is 15.1. The van der Waals surface area contributed by atoms with Crippen molar-refractivity contribution in [1.82, 2.24) is 10.2 Å². The molecule has 3 rings (SSSR count). The minimum Gasteiger partial charge on any atom is -0.486 e. The van der Waals surface area contributed by atoms with Crippen molar-refractivity contribution >= 4 is 23.3 Å². The third kappa shape index (κ3) is 2.58. The quantitative estimate of drug-likeness (QED) is 0.873. The molecule has 1 aromatic carbocycles. The zero-order valence-corrected chi connectivity index (χ0v) is 11.0. The lowest BCUT2D eigenvalue weighted by atomic mass is 10.2. The number of fused-ring (bicyclic) bond motifs is 1. The first-order valence-electron chi connectivity index (χ1n) is 5.86. The first-order chi connectivity index (χ1) is 9.22. The second-order valence-electron chi connectivity index (χ2n) is 4.04. The largest absolute Gasteiger partial charge is 0.486 e. The number of aromatic nitrogens is 2. The van der Waals surface area contributed by atoms with Gasteiger partial charge in [-0.2, -0.15) is 0 Å². The molecule has 1 atom stereocenters. The van der Waals surface area contributed by atoms with E-state index in [1.165, 1.54) is 0 Å². The van der Waals surface area contributed by atoms with E-state index in [-0.39, 0.29) is 5.38 Å². The molecule has 0 amide bonds. The van der Waals surface area contributed by atoms with E-state index in [0.29, 0.717) is 30.9 Å². The van der Waals surface area contributed by atoms with Gasteiger partial charge in [-0.25, -0.2) is 0 Å². The Kier molecular flexibility index (Phi) is 3.16. The van der Waals surface area contributed by atoms with Crippen LogP contribution in [-0.4, -0.2) is 23.4 Å². The van der Waals surface area contributed by atoms with E-state index in [4.69, 9.17) is 25.5 Å². The Labute approximate surface area is 114 Å². The number of anilines is 2. The lowest BCUT2D eigenvalue weighted by Gasteiger charge is -2.18. The van der Waals surface area contributed by atoms with Crippen molar-refractivity contribution in [1.29, 1.82) is 0 Å². The summed E-state index contributed by atoms with van der Waals surface area (Å²) in [5.74, 6) is 1.81. The van der Waals surface area contributed by atoms with Gasteiger partial charge in [0.1, 0.15) is 18.6 Å². The van der Waals surface area contributed by atoms with Crippen LogP contribution in [0.3, 0.4) is 0 Å². The summed E-state index contributed by atoms with van der Waals surface area (Å²) in [6.07, 6.45) is 0. The fraction of sp³-hybridized carbons (Fsp3) is 0.333. The Morgan fingerprint density at radius 3 is 2.74 bits per heavy atom. The summed E-state index contributed by atoms with van der Waals surface area (Å²) >= 11 is 5.85. The van der Waals surface area contributed by atoms with E-state index < -0.39 is 0 Å². The van der Waals surface area contributed by atoms with Gasteiger partial charge in [-0.3, -0.25) is 0 Å². The van der Waals surface area contributed by atoms with Crippen molar-refractivity contribution in [3.63, 3.8) is 0 Å². The summed E-state index contributed by atoms with van der Waals surface area (Å²) in [4.78, 5) is 0. The molecule has 7 heteroatoms. The summed E-state index contributed by atoms with van der Waals surface area (Å²) in [6.45, 7) is 2.88. The summed E-state index contributed by atoms with van der Waals surface area (Å²) < 4.78 is 16.3. The summed E-state index contributed by atoms with van der Waals surface area (Å²) in [5.41, 5.74) is 0.779. The van der Waals surface area contributed by atoms with Gasteiger partial charge in [-0.15, -0.1) is 16.7 Å². The standard InChI is InChI=1S/C12H12ClN3O3/c1-7(13)11-15-16-12(19-11)14-8-2-3-9-10(6-8)18-5-4-17-9/h2-3,6-7H,4-5H2,1H3,(H,14,16). The fourth-order valence-corrected chi connectivity index (χ4v) is 1.78. The molecule has 1 aliphatic heterocycles. The molecule has 0 spiro atoms. The summed E-state index contributed by atoms with van der Waals surface area (Å²) in [6, 6.07) is 5.79. The predicted octanol–water partition coefficient (Wildman–Crippen LogP) is 2.88. The second kappa shape index (κ2) is 4.97. The van der Waals surface area contributed by atoms with Gasteiger partial charge in [0.2, 0.25) is 5.89 Å². The summed E-state index contributed by atoms with van der Waals surface area (Å²) in [5, 5.41) is 10.4. The van der Waals surface area contributed by atoms with E-state index in [9.17, 15) is 0 Å². The van der Waals surface area contributed by atoms with Gasteiger partial charge in [0.25, 0.3) is 0 Å². The molecule has 100 valence electrons. The Morgan fingerprint density at radius 2 is 2.00 bits per heavy atom. The Morgan fingerprint density at radius 1 is 1.21 bits per heavy atom. The molecule has 0 aliphatic carbocycles. The van der Waals surface area contributed by atoms with Crippen LogP contribution in [0, 0.1) is 0 Å². The number of halogens is 1. The zero-order valence-electron chi connectivity index (χ0n) is 10.2. The van der Waals surface area contributed by atoms with Crippen LogP contribution in [0.25, 0.3) is 0 Å². The summed E-state index contributed by atoms with van der Waals surface area (Å²) in [7, 11) is 0. The Bertz CT molecular complexity index is 585. The molecule has 2 heterocycles. The molecule has 0 saturated heterocycles.